The van der Waals surface area contributed by atoms with Crippen LogP contribution in [-0.4, -0.2) is 49.4 Å². The lowest BCUT2D eigenvalue weighted by Gasteiger charge is -2.34. The number of nitrogens with one attached hydrogen (secondary N) is 1. The van der Waals surface area contributed by atoms with Crippen molar-refractivity contribution in [2.75, 3.05) is 43.6 Å². The van der Waals surface area contributed by atoms with Crippen LogP contribution >= 0.6 is 0 Å². The fourth-order valence-corrected chi connectivity index (χ4v) is 2.65. The molecule has 0 bridgehead atoms. The molecule has 0 spiro atoms. The highest BCUT2D eigenvalue weighted by Gasteiger charge is 2.25. The Labute approximate surface area is 126 Å². The Morgan fingerprint density at radius 2 is 2.24 bits per heavy atom. The molecule has 1 saturated heterocycles. The molecule has 1 aromatic rings. The zero-order valence-electron chi connectivity index (χ0n) is 13.3. The monoisotopic (exact) mass is 294 g/mol. The van der Waals surface area contributed by atoms with E-state index in [1.165, 1.54) is 0 Å². The van der Waals surface area contributed by atoms with Gasteiger partial charge in [0.2, 0.25) is 5.75 Å². The molecule has 1 fully saturated rings. The minimum absolute atomic E-state index is 0.274. The summed E-state index contributed by atoms with van der Waals surface area (Å²) < 4.78 is 11.3. The highest BCUT2D eigenvalue weighted by molar-refractivity contribution is 5.64. The molecule has 0 radical (unpaired) electrons. The second-order valence-electron chi connectivity index (χ2n) is 5.17. The van der Waals surface area contributed by atoms with E-state index in [0.717, 1.165) is 62.9 Å². The summed E-state index contributed by atoms with van der Waals surface area (Å²) in [5.41, 5.74) is 0. The van der Waals surface area contributed by atoms with Gasteiger partial charge in [-0.15, -0.1) is 0 Å². The zero-order chi connectivity index (χ0) is 15.1. The molecular formula is C15H26N4O2. The van der Waals surface area contributed by atoms with Crippen LogP contribution in [0.4, 0.5) is 11.6 Å². The number of ether oxygens (including phenoxy) is 2. The van der Waals surface area contributed by atoms with Gasteiger partial charge in [-0.05, 0) is 26.2 Å². The van der Waals surface area contributed by atoms with Gasteiger partial charge in [-0.2, -0.15) is 0 Å². The van der Waals surface area contributed by atoms with E-state index in [4.69, 9.17) is 9.47 Å². The summed E-state index contributed by atoms with van der Waals surface area (Å²) in [5, 5.41) is 3.30. The smallest absolute Gasteiger partial charge is 0.204 e. The Morgan fingerprint density at radius 1 is 1.38 bits per heavy atom. The highest BCUT2D eigenvalue weighted by atomic mass is 16.5. The van der Waals surface area contributed by atoms with Gasteiger partial charge in [0.25, 0.3) is 0 Å². The lowest BCUT2D eigenvalue weighted by Crippen LogP contribution is -2.40. The average Bonchev–Trinajstić information content (AvgIpc) is 2.53. The molecule has 0 aliphatic carbocycles. The van der Waals surface area contributed by atoms with E-state index in [1.54, 1.807) is 13.4 Å². The molecule has 0 saturated carbocycles. The van der Waals surface area contributed by atoms with Crippen molar-refractivity contribution in [3.05, 3.63) is 6.33 Å². The molecule has 6 heteroatoms. The van der Waals surface area contributed by atoms with E-state index in [2.05, 4.69) is 27.1 Å². The van der Waals surface area contributed by atoms with E-state index >= 15 is 0 Å². The fraction of sp³-hybridized carbons (Fsp3) is 0.733. The first-order chi connectivity index (χ1) is 10.3. The third-order valence-corrected chi connectivity index (χ3v) is 3.61. The second-order valence-corrected chi connectivity index (χ2v) is 5.17. The van der Waals surface area contributed by atoms with Crippen LogP contribution in [0.2, 0.25) is 0 Å². The van der Waals surface area contributed by atoms with Crippen LogP contribution in [0.1, 0.15) is 33.1 Å². The Morgan fingerprint density at radius 3 is 2.95 bits per heavy atom. The van der Waals surface area contributed by atoms with Gasteiger partial charge in [-0.25, -0.2) is 9.97 Å². The summed E-state index contributed by atoms with van der Waals surface area (Å²) in [6.45, 7) is 7.62. The van der Waals surface area contributed by atoms with Gasteiger partial charge >= 0.3 is 0 Å². The number of rotatable bonds is 7. The van der Waals surface area contributed by atoms with Crippen LogP contribution < -0.4 is 15.0 Å². The molecule has 118 valence electrons. The number of hydrogen-bond donors (Lipinski definition) is 1. The third-order valence-electron chi connectivity index (χ3n) is 3.61. The van der Waals surface area contributed by atoms with Gasteiger partial charge in [0, 0.05) is 26.2 Å². The fourth-order valence-electron chi connectivity index (χ4n) is 2.65. The molecule has 2 rings (SSSR count). The molecule has 6 nitrogen and oxygen atoms in total. The SMILES string of the molecule is CCCNc1ncnc(N2CCCC(OCC)C2)c1OC. The van der Waals surface area contributed by atoms with E-state index in [-0.39, 0.29) is 6.10 Å². The van der Waals surface area contributed by atoms with Gasteiger partial charge in [0.05, 0.1) is 13.2 Å². The van der Waals surface area contributed by atoms with Crippen molar-refractivity contribution < 1.29 is 9.47 Å². The molecule has 21 heavy (non-hydrogen) atoms. The van der Waals surface area contributed by atoms with Crippen LogP contribution in [0.5, 0.6) is 5.75 Å². The second kappa shape index (κ2) is 8.02. The molecule has 1 N–H and O–H groups in total. The number of anilines is 2. The average molecular weight is 294 g/mol. The van der Waals surface area contributed by atoms with E-state index in [1.807, 2.05) is 6.92 Å². The zero-order valence-corrected chi connectivity index (χ0v) is 13.3. The lowest BCUT2D eigenvalue weighted by molar-refractivity contribution is 0.0524. The van der Waals surface area contributed by atoms with Crippen molar-refractivity contribution in [2.24, 2.45) is 0 Å². The summed E-state index contributed by atoms with van der Waals surface area (Å²) >= 11 is 0. The number of piperidine rings is 1. The van der Waals surface area contributed by atoms with Crippen LogP contribution in [-0.2, 0) is 4.74 Å². The van der Waals surface area contributed by atoms with Crippen molar-refractivity contribution in [3.8, 4) is 5.75 Å². The predicted octanol–water partition coefficient (Wildman–Crippen LogP) is 2.31. The molecule has 2 heterocycles. The molecule has 0 amide bonds. The van der Waals surface area contributed by atoms with Gasteiger partial charge < -0.3 is 19.7 Å². The number of methoxy groups -OCH3 is 1. The summed E-state index contributed by atoms with van der Waals surface area (Å²) in [6, 6.07) is 0. The quantitative estimate of drug-likeness (QED) is 0.833. The molecule has 1 aromatic heterocycles. The largest absolute Gasteiger partial charge is 0.490 e. The van der Waals surface area contributed by atoms with Crippen LogP contribution in [0.25, 0.3) is 0 Å². The van der Waals surface area contributed by atoms with Crippen molar-refractivity contribution in [1.82, 2.24) is 9.97 Å². The van der Waals surface area contributed by atoms with Crippen molar-refractivity contribution in [2.45, 2.75) is 39.2 Å². The summed E-state index contributed by atoms with van der Waals surface area (Å²) in [6.07, 6.45) is 5.13. The summed E-state index contributed by atoms with van der Waals surface area (Å²) in [5.74, 6) is 2.35. The first-order valence-corrected chi connectivity index (χ1v) is 7.79. The molecule has 1 aliphatic rings. The Bertz CT molecular complexity index is 440. The van der Waals surface area contributed by atoms with E-state index < -0.39 is 0 Å². The maximum Gasteiger partial charge on any atom is 0.204 e. The number of aromatic nitrogens is 2. The van der Waals surface area contributed by atoms with Crippen molar-refractivity contribution >= 4 is 11.6 Å². The van der Waals surface area contributed by atoms with Gasteiger partial charge in [-0.1, -0.05) is 6.92 Å². The highest BCUT2D eigenvalue weighted by Crippen LogP contribution is 2.33. The topological polar surface area (TPSA) is 59.5 Å². The lowest BCUT2D eigenvalue weighted by atomic mass is 10.1. The molecular weight excluding hydrogens is 268 g/mol. The Kier molecular flexibility index (Phi) is 6.04. The number of hydrogen-bond acceptors (Lipinski definition) is 6. The van der Waals surface area contributed by atoms with Crippen molar-refractivity contribution in [1.29, 1.82) is 0 Å². The maximum absolute atomic E-state index is 5.76. The molecule has 1 atom stereocenters. The predicted molar refractivity (Wildman–Crippen MR) is 84.2 cm³/mol. The normalized spacial score (nSPS) is 18.6. The Balaban J connectivity index is 2.17. The van der Waals surface area contributed by atoms with Crippen LogP contribution in [0.3, 0.4) is 0 Å². The first-order valence-electron chi connectivity index (χ1n) is 7.79. The standard InChI is InChI=1S/C15H26N4O2/c1-4-8-16-14-13(20-3)15(18-11-17-14)19-9-6-7-12(10-19)21-5-2/h11-12H,4-10H2,1-3H3,(H,16,17,18). The van der Waals surface area contributed by atoms with Gasteiger partial charge in [-0.3, -0.25) is 0 Å². The van der Waals surface area contributed by atoms with E-state index in [9.17, 15) is 0 Å². The third kappa shape index (κ3) is 3.97. The number of nitrogens with zero attached hydrogens (tertiary/aromatic N) is 3. The van der Waals surface area contributed by atoms with Crippen LogP contribution in [0, 0.1) is 0 Å². The Hall–Kier alpha value is -1.56. The van der Waals surface area contributed by atoms with Gasteiger partial charge in [0.1, 0.15) is 6.33 Å². The first kappa shape index (κ1) is 15.8. The minimum atomic E-state index is 0.274. The molecule has 0 aromatic carbocycles. The van der Waals surface area contributed by atoms with Gasteiger partial charge in [0.15, 0.2) is 11.6 Å². The van der Waals surface area contributed by atoms with Crippen LogP contribution in [0.15, 0.2) is 6.33 Å². The maximum atomic E-state index is 5.76. The minimum Gasteiger partial charge on any atom is -0.490 e. The van der Waals surface area contributed by atoms with E-state index in [0.29, 0.717) is 0 Å². The summed E-state index contributed by atoms with van der Waals surface area (Å²) in [7, 11) is 1.67. The van der Waals surface area contributed by atoms with Crippen molar-refractivity contribution in [3.63, 3.8) is 0 Å². The molecule has 1 aliphatic heterocycles. The molecule has 1 unspecified atom stereocenters. The summed E-state index contributed by atoms with van der Waals surface area (Å²) in [4.78, 5) is 11.0.